The van der Waals surface area contributed by atoms with Crippen LogP contribution in [0.4, 0.5) is 0 Å². The highest BCUT2D eigenvalue weighted by atomic mass is 13.9. The Morgan fingerprint density at radius 3 is 1.11 bits per heavy atom. The van der Waals surface area contributed by atoms with Gasteiger partial charge >= 0.3 is 0 Å². The molecule has 2 rings (SSSR count). The Morgan fingerprint density at radius 1 is 0.444 bits per heavy atom. The monoisotopic (exact) mass is 232 g/mol. The fourth-order valence-corrected chi connectivity index (χ4v) is 1.59. The molecular weight excluding hydrogens is 216 g/mol. The summed E-state index contributed by atoms with van der Waals surface area (Å²) in [5, 5.41) is 0. The molecule has 0 aromatic rings. The molecule has 0 amide bonds. The lowest BCUT2D eigenvalue weighted by atomic mass is 10.2. The third kappa shape index (κ3) is 4.26. The Bertz CT molecular complexity index is 453. The van der Waals surface area contributed by atoms with Gasteiger partial charge in [0.2, 0.25) is 0 Å². The van der Waals surface area contributed by atoms with E-state index in [1.54, 1.807) is 0 Å². The van der Waals surface area contributed by atoms with Crippen LogP contribution >= 0.6 is 0 Å². The largest absolute Gasteiger partial charge is 0.0622 e. The van der Waals surface area contributed by atoms with Gasteiger partial charge in [0.05, 0.1) is 0 Å². The summed E-state index contributed by atoms with van der Waals surface area (Å²) < 4.78 is 0. The molecule has 0 unspecified atom stereocenters. The van der Waals surface area contributed by atoms with E-state index >= 15 is 0 Å². The summed E-state index contributed by atoms with van der Waals surface area (Å²) in [6, 6.07) is 0. The Balaban J connectivity index is 2.00. The summed E-state index contributed by atoms with van der Waals surface area (Å²) in [5.41, 5.74) is 2.39. The minimum atomic E-state index is 1.20. The summed E-state index contributed by atoms with van der Waals surface area (Å²) in [7, 11) is 0. The first kappa shape index (κ1) is 12.1. The van der Waals surface area contributed by atoms with Crippen LogP contribution in [0.3, 0.4) is 0 Å². The lowest BCUT2D eigenvalue weighted by Gasteiger charge is -1.89. The molecule has 18 heavy (non-hydrogen) atoms. The Hall–Kier alpha value is -2.34. The number of hydrogen-bond donors (Lipinski definition) is 0. The molecule has 0 spiro atoms. The summed E-state index contributed by atoms with van der Waals surface area (Å²) in [6.07, 6.45) is 32.9. The molecule has 2 aliphatic carbocycles. The fraction of sp³-hybridized carbons (Fsp3) is 0. The van der Waals surface area contributed by atoms with Crippen molar-refractivity contribution in [3.8, 4) is 0 Å². The molecule has 0 saturated heterocycles. The number of rotatable bonds is 2. The zero-order chi connectivity index (χ0) is 12.5. The van der Waals surface area contributed by atoms with Crippen LogP contribution in [0.15, 0.2) is 108 Å². The van der Waals surface area contributed by atoms with Crippen LogP contribution in [-0.4, -0.2) is 0 Å². The molecule has 88 valence electrons. The van der Waals surface area contributed by atoms with Crippen LogP contribution in [0, 0.1) is 0 Å². The fourth-order valence-electron chi connectivity index (χ4n) is 1.59. The average Bonchev–Trinajstić information content (AvgIpc) is 2.79. The highest BCUT2D eigenvalue weighted by molar-refractivity contribution is 5.42. The van der Waals surface area contributed by atoms with E-state index in [1.807, 2.05) is 48.6 Å². The van der Waals surface area contributed by atoms with Gasteiger partial charge in [-0.1, -0.05) is 97.2 Å². The van der Waals surface area contributed by atoms with E-state index in [1.165, 1.54) is 11.1 Å². The molecule has 0 bridgehead atoms. The van der Waals surface area contributed by atoms with E-state index in [4.69, 9.17) is 0 Å². The van der Waals surface area contributed by atoms with E-state index in [2.05, 4.69) is 48.6 Å². The quantitative estimate of drug-likeness (QED) is 0.644. The van der Waals surface area contributed by atoms with E-state index < -0.39 is 0 Å². The SMILES string of the molecule is C1=CC=CC(=C/C=C\C=C2C=CC=CC=C2)C=C1. The lowest BCUT2D eigenvalue weighted by molar-refractivity contribution is 1.67. The highest BCUT2D eigenvalue weighted by Gasteiger charge is 1.86. The van der Waals surface area contributed by atoms with Crippen molar-refractivity contribution in [3.05, 3.63) is 108 Å². The molecule has 0 N–H and O–H groups in total. The Labute approximate surface area is 109 Å². The van der Waals surface area contributed by atoms with Crippen LogP contribution in [0.25, 0.3) is 0 Å². The van der Waals surface area contributed by atoms with E-state index in [0.717, 1.165) is 0 Å². The maximum absolute atomic E-state index is 2.10. The topological polar surface area (TPSA) is 0 Å². The average molecular weight is 232 g/mol. The van der Waals surface area contributed by atoms with Crippen molar-refractivity contribution in [2.24, 2.45) is 0 Å². The zero-order valence-corrected chi connectivity index (χ0v) is 10.2. The summed E-state index contributed by atoms with van der Waals surface area (Å²) >= 11 is 0. The van der Waals surface area contributed by atoms with Gasteiger partial charge in [-0.15, -0.1) is 0 Å². The second kappa shape index (κ2) is 7.08. The Kier molecular flexibility index (Phi) is 4.77. The molecule has 0 aromatic heterocycles. The molecule has 0 radical (unpaired) electrons. The smallest absolute Gasteiger partial charge is 0.0257 e. The van der Waals surface area contributed by atoms with Gasteiger partial charge in [-0.2, -0.15) is 0 Å². The first-order valence-corrected chi connectivity index (χ1v) is 6.07. The predicted molar refractivity (Wildman–Crippen MR) is 80.1 cm³/mol. The molecule has 0 aromatic carbocycles. The van der Waals surface area contributed by atoms with Crippen molar-refractivity contribution in [2.75, 3.05) is 0 Å². The zero-order valence-electron chi connectivity index (χ0n) is 10.2. The van der Waals surface area contributed by atoms with Gasteiger partial charge < -0.3 is 0 Å². The maximum atomic E-state index is 2.10. The first-order chi connectivity index (χ1) is 8.95. The third-order valence-corrected chi connectivity index (χ3v) is 2.51. The van der Waals surface area contributed by atoms with E-state index in [0.29, 0.717) is 0 Å². The summed E-state index contributed by atoms with van der Waals surface area (Å²) in [5.74, 6) is 0. The van der Waals surface area contributed by atoms with Gasteiger partial charge in [0.15, 0.2) is 0 Å². The third-order valence-electron chi connectivity index (χ3n) is 2.51. The van der Waals surface area contributed by atoms with Crippen molar-refractivity contribution >= 4 is 0 Å². The van der Waals surface area contributed by atoms with Crippen molar-refractivity contribution in [2.45, 2.75) is 0 Å². The van der Waals surface area contributed by atoms with Crippen LogP contribution in [-0.2, 0) is 0 Å². The van der Waals surface area contributed by atoms with Gasteiger partial charge in [0.25, 0.3) is 0 Å². The molecule has 0 heteroatoms. The molecule has 0 fully saturated rings. The standard InChI is InChI=1S/C18H16/c1-2-6-12-17(11-5-1)15-9-10-16-18-13-7-3-4-8-14-18/h1-16H/b10-9-. The van der Waals surface area contributed by atoms with Crippen molar-refractivity contribution in [1.82, 2.24) is 0 Å². The van der Waals surface area contributed by atoms with Gasteiger partial charge in [-0.05, 0) is 11.1 Å². The Morgan fingerprint density at radius 2 is 0.778 bits per heavy atom. The van der Waals surface area contributed by atoms with Gasteiger partial charge in [0.1, 0.15) is 0 Å². The maximum Gasteiger partial charge on any atom is -0.0257 e. The molecule has 0 atom stereocenters. The lowest BCUT2D eigenvalue weighted by Crippen LogP contribution is -1.69. The minimum absolute atomic E-state index is 1.20. The van der Waals surface area contributed by atoms with Gasteiger partial charge in [-0.25, -0.2) is 0 Å². The van der Waals surface area contributed by atoms with Gasteiger partial charge in [0, 0.05) is 0 Å². The van der Waals surface area contributed by atoms with Gasteiger partial charge in [-0.3, -0.25) is 0 Å². The molecule has 2 aliphatic rings. The minimum Gasteiger partial charge on any atom is -0.0622 e. The van der Waals surface area contributed by atoms with E-state index in [9.17, 15) is 0 Å². The van der Waals surface area contributed by atoms with Crippen LogP contribution in [0.2, 0.25) is 0 Å². The summed E-state index contributed by atoms with van der Waals surface area (Å²) in [4.78, 5) is 0. The summed E-state index contributed by atoms with van der Waals surface area (Å²) in [6.45, 7) is 0. The van der Waals surface area contributed by atoms with Crippen molar-refractivity contribution < 1.29 is 0 Å². The molecule has 0 saturated carbocycles. The first-order valence-electron chi connectivity index (χ1n) is 6.07. The van der Waals surface area contributed by atoms with Crippen molar-refractivity contribution in [1.29, 1.82) is 0 Å². The number of hydrogen-bond acceptors (Lipinski definition) is 0. The normalized spacial score (nSPS) is 17.3. The molecular formula is C18H16. The molecule has 0 aliphatic heterocycles. The van der Waals surface area contributed by atoms with Crippen LogP contribution in [0.5, 0.6) is 0 Å². The highest BCUT2D eigenvalue weighted by Crippen LogP contribution is 2.06. The number of allylic oxidation sites excluding steroid dienone is 18. The molecule has 0 heterocycles. The van der Waals surface area contributed by atoms with Crippen molar-refractivity contribution in [3.63, 3.8) is 0 Å². The molecule has 0 nitrogen and oxygen atoms in total. The van der Waals surface area contributed by atoms with E-state index in [-0.39, 0.29) is 0 Å². The predicted octanol–water partition coefficient (Wildman–Crippen LogP) is 4.76. The van der Waals surface area contributed by atoms with Crippen LogP contribution in [0.1, 0.15) is 0 Å². The second-order valence-electron chi connectivity index (χ2n) is 3.92. The van der Waals surface area contributed by atoms with Crippen LogP contribution < -0.4 is 0 Å². The second-order valence-corrected chi connectivity index (χ2v) is 3.92.